The number of nitrogens with zero attached hydrogens (tertiary/aromatic N) is 4. The predicted octanol–water partition coefficient (Wildman–Crippen LogP) is 4.66. The number of methoxy groups -OCH3 is 1. The highest BCUT2D eigenvalue weighted by Gasteiger charge is 2.13. The van der Waals surface area contributed by atoms with Crippen LogP contribution in [0.3, 0.4) is 0 Å². The topological polar surface area (TPSA) is 111 Å². The molecule has 0 spiro atoms. The number of carbonyl (C=O) groups is 1. The van der Waals surface area contributed by atoms with Crippen molar-refractivity contribution in [3.8, 4) is 16.9 Å². The highest BCUT2D eigenvalue weighted by molar-refractivity contribution is 7.22. The van der Waals surface area contributed by atoms with E-state index in [-0.39, 0.29) is 11.6 Å². The number of morpholine rings is 1. The summed E-state index contributed by atoms with van der Waals surface area (Å²) in [5.41, 5.74) is 3.82. The molecule has 2 amide bonds. The van der Waals surface area contributed by atoms with Gasteiger partial charge in [-0.1, -0.05) is 29.5 Å². The van der Waals surface area contributed by atoms with Crippen LogP contribution in [0.1, 0.15) is 0 Å². The Bertz CT molecular complexity index is 1740. The van der Waals surface area contributed by atoms with Crippen LogP contribution in [-0.4, -0.2) is 65.4 Å². The molecule has 1 aliphatic heterocycles. The second kappa shape index (κ2) is 11.4. The van der Waals surface area contributed by atoms with Crippen molar-refractivity contribution in [3.05, 3.63) is 77.3 Å². The fourth-order valence-corrected chi connectivity index (χ4v) is 5.53. The Morgan fingerprint density at radius 1 is 1.00 bits per heavy atom. The van der Waals surface area contributed by atoms with Crippen molar-refractivity contribution in [3.63, 3.8) is 0 Å². The van der Waals surface area contributed by atoms with Gasteiger partial charge in [0.1, 0.15) is 5.75 Å². The fraction of sp³-hybridized carbons (Fsp3) is 0.241. The summed E-state index contributed by atoms with van der Waals surface area (Å²) < 4.78 is 13.2. The van der Waals surface area contributed by atoms with Gasteiger partial charge in [-0.15, -0.1) is 0 Å². The molecule has 10 nitrogen and oxygen atoms in total. The van der Waals surface area contributed by atoms with Gasteiger partial charge in [0.15, 0.2) is 5.13 Å². The summed E-state index contributed by atoms with van der Waals surface area (Å²) in [5.74, 6) is 0.654. The van der Waals surface area contributed by atoms with Crippen LogP contribution in [0.4, 0.5) is 15.6 Å². The molecule has 5 aromatic rings. The SMILES string of the molecule is COc1cccc(NC(=O)Nc2nc3cc(-c4ccc5ncn(CCN6CCOCC6)c(=O)c5c4)ccc3s2)c1. The van der Waals surface area contributed by atoms with E-state index in [4.69, 9.17) is 9.47 Å². The number of fused-ring (bicyclic) bond motifs is 2. The first-order valence-electron chi connectivity index (χ1n) is 13.0. The molecule has 11 heteroatoms. The molecule has 2 aromatic heterocycles. The summed E-state index contributed by atoms with van der Waals surface area (Å²) in [7, 11) is 1.58. The van der Waals surface area contributed by atoms with Crippen molar-refractivity contribution in [2.45, 2.75) is 6.54 Å². The van der Waals surface area contributed by atoms with E-state index in [0.717, 1.165) is 54.2 Å². The quantitative estimate of drug-likeness (QED) is 0.300. The van der Waals surface area contributed by atoms with Gasteiger partial charge in [-0.05, 0) is 47.5 Å². The summed E-state index contributed by atoms with van der Waals surface area (Å²) in [6.45, 7) is 4.58. The lowest BCUT2D eigenvalue weighted by molar-refractivity contribution is 0.0362. The number of carbonyl (C=O) groups excluding carboxylic acids is 1. The summed E-state index contributed by atoms with van der Waals surface area (Å²) in [6, 6.07) is 18.4. The van der Waals surface area contributed by atoms with Crippen molar-refractivity contribution in [2.24, 2.45) is 0 Å². The van der Waals surface area contributed by atoms with Crippen molar-refractivity contribution in [1.29, 1.82) is 0 Å². The molecule has 0 radical (unpaired) electrons. The lowest BCUT2D eigenvalue weighted by Crippen LogP contribution is -2.39. The average molecular weight is 557 g/mol. The molecule has 6 rings (SSSR count). The molecule has 40 heavy (non-hydrogen) atoms. The summed E-state index contributed by atoms with van der Waals surface area (Å²) in [4.78, 5) is 37.2. The molecule has 0 unspecified atom stereocenters. The first-order valence-corrected chi connectivity index (χ1v) is 13.8. The Balaban J connectivity index is 1.20. The van der Waals surface area contributed by atoms with Crippen LogP contribution in [-0.2, 0) is 11.3 Å². The number of amides is 2. The number of anilines is 2. The van der Waals surface area contributed by atoms with Gasteiger partial charge in [-0.3, -0.25) is 19.6 Å². The molecule has 2 N–H and O–H groups in total. The molecule has 0 aliphatic carbocycles. The van der Waals surface area contributed by atoms with Gasteiger partial charge in [-0.25, -0.2) is 14.8 Å². The van der Waals surface area contributed by atoms with E-state index in [1.54, 1.807) is 36.2 Å². The number of thiazole rings is 1. The molecular formula is C29H28N6O4S. The van der Waals surface area contributed by atoms with E-state index < -0.39 is 0 Å². The minimum atomic E-state index is -0.389. The Labute approximate surface area is 234 Å². The number of urea groups is 1. The summed E-state index contributed by atoms with van der Waals surface area (Å²) >= 11 is 1.39. The van der Waals surface area contributed by atoms with Crippen molar-refractivity contribution >= 4 is 49.3 Å². The first-order chi connectivity index (χ1) is 19.6. The van der Waals surface area contributed by atoms with Crippen LogP contribution in [0, 0.1) is 0 Å². The van der Waals surface area contributed by atoms with E-state index in [1.807, 2.05) is 42.5 Å². The Kier molecular flexibility index (Phi) is 7.41. The van der Waals surface area contributed by atoms with Crippen molar-refractivity contribution in [2.75, 3.05) is 50.6 Å². The lowest BCUT2D eigenvalue weighted by Gasteiger charge is -2.26. The first kappa shape index (κ1) is 25.9. The van der Waals surface area contributed by atoms with Crippen molar-refractivity contribution in [1.82, 2.24) is 19.4 Å². The van der Waals surface area contributed by atoms with Crippen LogP contribution in [0.25, 0.3) is 32.2 Å². The molecule has 1 saturated heterocycles. The molecular weight excluding hydrogens is 528 g/mol. The third-order valence-electron chi connectivity index (χ3n) is 6.85. The maximum Gasteiger partial charge on any atom is 0.325 e. The van der Waals surface area contributed by atoms with E-state index in [1.165, 1.54) is 11.3 Å². The molecule has 3 heterocycles. The van der Waals surface area contributed by atoms with E-state index in [9.17, 15) is 9.59 Å². The zero-order valence-corrected chi connectivity index (χ0v) is 22.7. The van der Waals surface area contributed by atoms with Crippen LogP contribution in [0.2, 0.25) is 0 Å². The number of benzene rings is 3. The van der Waals surface area contributed by atoms with Gasteiger partial charge in [0.05, 0.1) is 47.8 Å². The zero-order valence-electron chi connectivity index (χ0n) is 21.9. The number of hydrogen-bond acceptors (Lipinski definition) is 8. The molecule has 1 aliphatic rings. The van der Waals surface area contributed by atoms with E-state index in [2.05, 4.69) is 25.5 Å². The number of ether oxygens (including phenoxy) is 2. The van der Waals surface area contributed by atoms with E-state index in [0.29, 0.717) is 34.0 Å². The largest absolute Gasteiger partial charge is 0.497 e. The zero-order chi connectivity index (χ0) is 27.5. The van der Waals surface area contributed by atoms with Gasteiger partial charge >= 0.3 is 6.03 Å². The molecule has 0 saturated carbocycles. The van der Waals surface area contributed by atoms with Gasteiger partial charge in [-0.2, -0.15) is 0 Å². The van der Waals surface area contributed by atoms with Gasteiger partial charge in [0, 0.05) is 37.9 Å². The third kappa shape index (κ3) is 5.67. The van der Waals surface area contributed by atoms with Gasteiger partial charge in [0.25, 0.3) is 5.56 Å². The van der Waals surface area contributed by atoms with Crippen LogP contribution in [0.15, 0.2) is 71.8 Å². The predicted molar refractivity (Wildman–Crippen MR) is 158 cm³/mol. The Hall–Kier alpha value is -4.32. The smallest absolute Gasteiger partial charge is 0.325 e. The molecule has 204 valence electrons. The maximum atomic E-state index is 13.3. The van der Waals surface area contributed by atoms with Crippen LogP contribution in [0.5, 0.6) is 5.75 Å². The third-order valence-corrected chi connectivity index (χ3v) is 7.81. The van der Waals surface area contributed by atoms with Crippen LogP contribution < -0.4 is 20.9 Å². The van der Waals surface area contributed by atoms with Gasteiger partial charge < -0.3 is 14.8 Å². The normalized spacial score (nSPS) is 13.9. The standard InChI is InChI=1S/C29H28N6O4S/c1-38-22-4-2-3-21(17-22)31-28(37)33-29-32-25-16-20(6-8-26(25)40-29)19-5-7-24-23(15-19)27(36)35(18-30-24)10-9-34-11-13-39-14-12-34/h2-8,15-18H,9-14H2,1H3,(H2,31,32,33,37). The minimum absolute atomic E-state index is 0.0524. The fourth-order valence-electron chi connectivity index (χ4n) is 4.69. The average Bonchev–Trinajstić information content (AvgIpc) is 3.38. The molecule has 1 fully saturated rings. The summed E-state index contributed by atoms with van der Waals surface area (Å²) in [5, 5.41) is 6.66. The lowest BCUT2D eigenvalue weighted by atomic mass is 10.0. The highest BCUT2D eigenvalue weighted by atomic mass is 32.1. The van der Waals surface area contributed by atoms with Gasteiger partial charge in [0.2, 0.25) is 0 Å². The second-order valence-corrected chi connectivity index (χ2v) is 10.5. The molecule has 0 bridgehead atoms. The second-order valence-electron chi connectivity index (χ2n) is 9.44. The number of nitrogens with one attached hydrogen (secondary N) is 2. The molecule has 0 atom stereocenters. The minimum Gasteiger partial charge on any atom is -0.497 e. The Morgan fingerprint density at radius 3 is 2.67 bits per heavy atom. The molecule has 3 aromatic carbocycles. The number of aromatic nitrogens is 3. The maximum absolute atomic E-state index is 13.3. The van der Waals surface area contributed by atoms with Crippen LogP contribution >= 0.6 is 11.3 Å². The summed E-state index contributed by atoms with van der Waals surface area (Å²) in [6.07, 6.45) is 1.63. The Morgan fingerprint density at radius 2 is 1.82 bits per heavy atom. The van der Waals surface area contributed by atoms with E-state index >= 15 is 0 Å². The van der Waals surface area contributed by atoms with Crippen molar-refractivity contribution < 1.29 is 14.3 Å². The number of rotatable bonds is 7. The highest BCUT2D eigenvalue weighted by Crippen LogP contribution is 2.31. The monoisotopic (exact) mass is 556 g/mol. The number of hydrogen-bond donors (Lipinski definition) is 2.